The number of hydrogen-bond acceptors (Lipinski definition) is 5. The zero-order valence-corrected chi connectivity index (χ0v) is 14.2. The van der Waals surface area contributed by atoms with E-state index in [2.05, 4.69) is 20.8 Å². The number of carbonyl (C=O) groups is 1. The van der Waals surface area contributed by atoms with Crippen LogP contribution in [0.5, 0.6) is 0 Å². The molecule has 2 N–H and O–H groups in total. The molecule has 0 saturated carbocycles. The summed E-state index contributed by atoms with van der Waals surface area (Å²) < 4.78 is 5.25. The van der Waals surface area contributed by atoms with E-state index in [9.17, 15) is 4.79 Å². The summed E-state index contributed by atoms with van der Waals surface area (Å²) in [7, 11) is 0. The lowest BCUT2D eigenvalue weighted by atomic mass is 10.1. The van der Waals surface area contributed by atoms with Crippen molar-refractivity contribution >= 4 is 17.5 Å². The predicted octanol–water partition coefficient (Wildman–Crippen LogP) is 2.58. The molecular formula is C17H21ClN4O2. The molecule has 0 unspecified atom stereocenters. The molecule has 0 bridgehead atoms. The van der Waals surface area contributed by atoms with E-state index in [4.69, 9.17) is 16.1 Å². The van der Waals surface area contributed by atoms with Gasteiger partial charge in [-0.1, -0.05) is 16.8 Å². The quantitative estimate of drug-likeness (QED) is 0.838. The molecule has 1 amide bonds. The van der Waals surface area contributed by atoms with Gasteiger partial charge in [0.15, 0.2) is 0 Å². The third-order valence-electron chi connectivity index (χ3n) is 4.07. The fourth-order valence-corrected chi connectivity index (χ4v) is 2.86. The van der Waals surface area contributed by atoms with Gasteiger partial charge in [-0.3, -0.25) is 4.79 Å². The number of rotatable bonds is 6. The van der Waals surface area contributed by atoms with Crippen LogP contribution in [0.2, 0.25) is 5.02 Å². The lowest BCUT2D eigenvalue weighted by Gasteiger charge is -2.23. The first-order valence-corrected chi connectivity index (χ1v) is 8.67. The van der Waals surface area contributed by atoms with E-state index >= 15 is 0 Å². The molecule has 1 saturated heterocycles. The third-order valence-corrected chi connectivity index (χ3v) is 4.32. The van der Waals surface area contributed by atoms with Crippen LogP contribution in [0, 0.1) is 0 Å². The second kappa shape index (κ2) is 8.26. The molecule has 1 fully saturated rings. The van der Waals surface area contributed by atoms with Gasteiger partial charge in [-0.25, -0.2) is 0 Å². The van der Waals surface area contributed by atoms with E-state index in [0.29, 0.717) is 42.0 Å². The highest BCUT2D eigenvalue weighted by atomic mass is 35.5. The first-order valence-electron chi connectivity index (χ1n) is 8.29. The standard InChI is InChI=1S/C17H21ClN4O2/c18-13-6-4-12(5-7-13)17-21-16(24-22-17)3-1-2-15(23)20-14-8-10-19-11-9-14/h4-7,14,19H,1-3,8-11H2,(H,20,23). The fraction of sp³-hybridized carbons (Fsp3) is 0.471. The number of hydrogen-bond donors (Lipinski definition) is 2. The van der Waals surface area contributed by atoms with Crippen molar-refractivity contribution in [1.82, 2.24) is 20.8 Å². The number of halogens is 1. The van der Waals surface area contributed by atoms with Gasteiger partial charge in [-0.15, -0.1) is 0 Å². The van der Waals surface area contributed by atoms with Crippen molar-refractivity contribution in [2.24, 2.45) is 0 Å². The number of benzene rings is 1. The Bertz CT molecular complexity index is 665. The van der Waals surface area contributed by atoms with Gasteiger partial charge >= 0.3 is 0 Å². The van der Waals surface area contributed by atoms with Gasteiger partial charge in [-0.05, 0) is 56.6 Å². The van der Waals surface area contributed by atoms with Crippen molar-refractivity contribution < 1.29 is 9.32 Å². The molecule has 0 radical (unpaired) electrons. The molecule has 0 atom stereocenters. The van der Waals surface area contributed by atoms with Crippen LogP contribution in [0.4, 0.5) is 0 Å². The van der Waals surface area contributed by atoms with Crippen LogP contribution in [0.3, 0.4) is 0 Å². The van der Waals surface area contributed by atoms with Crippen LogP contribution in [0.25, 0.3) is 11.4 Å². The fourth-order valence-electron chi connectivity index (χ4n) is 2.74. The Morgan fingerprint density at radius 1 is 1.29 bits per heavy atom. The Balaban J connectivity index is 1.43. The topological polar surface area (TPSA) is 80.0 Å². The van der Waals surface area contributed by atoms with Crippen molar-refractivity contribution in [1.29, 1.82) is 0 Å². The Kier molecular flexibility index (Phi) is 5.82. The van der Waals surface area contributed by atoms with Crippen molar-refractivity contribution in [3.8, 4) is 11.4 Å². The van der Waals surface area contributed by atoms with Gasteiger partial charge in [-0.2, -0.15) is 4.98 Å². The maximum Gasteiger partial charge on any atom is 0.226 e. The summed E-state index contributed by atoms with van der Waals surface area (Å²) in [6.07, 6.45) is 3.77. The number of aromatic nitrogens is 2. The molecule has 1 aromatic carbocycles. The highest BCUT2D eigenvalue weighted by Gasteiger charge is 2.15. The largest absolute Gasteiger partial charge is 0.353 e. The average molecular weight is 349 g/mol. The van der Waals surface area contributed by atoms with E-state index in [0.717, 1.165) is 31.5 Å². The summed E-state index contributed by atoms with van der Waals surface area (Å²) >= 11 is 5.87. The van der Waals surface area contributed by atoms with Gasteiger partial charge in [0.25, 0.3) is 0 Å². The Labute approximate surface area is 146 Å². The Morgan fingerprint density at radius 2 is 2.04 bits per heavy atom. The van der Waals surface area contributed by atoms with Gasteiger partial charge in [0.2, 0.25) is 17.6 Å². The lowest BCUT2D eigenvalue weighted by Crippen LogP contribution is -2.42. The maximum atomic E-state index is 11.9. The number of nitrogens with one attached hydrogen (secondary N) is 2. The zero-order valence-electron chi connectivity index (χ0n) is 13.4. The normalized spacial score (nSPS) is 15.4. The minimum atomic E-state index is 0.0966. The van der Waals surface area contributed by atoms with Crippen LogP contribution in [0.1, 0.15) is 31.6 Å². The molecule has 2 heterocycles. The molecule has 0 aliphatic carbocycles. The zero-order chi connectivity index (χ0) is 16.8. The van der Waals surface area contributed by atoms with Crippen molar-refractivity contribution in [2.45, 2.75) is 38.1 Å². The molecule has 2 aromatic rings. The molecule has 6 nitrogen and oxygen atoms in total. The van der Waals surface area contributed by atoms with Crippen LogP contribution < -0.4 is 10.6 Å². The van der Waals surface area contributed by atoms with Crippen molar-refractivity contribution in [2.75, 3.05) is 13.1 Å². The average Bonchev–Trinajstić information content (AvgIpc) is 3.05. The van der Waals surface area contributed by atoms with Gasteiger partial charge in [0, 0.05) is 29.5 Å². The van der Waals surface area contributed by atoms with Gasteiger partial charge in [0.05, 0.1) is 0 Å². The Hall–Kier alpha value is -1.92. The number of nitrogens with zero attached hydrogens (tertiary/aromatic N) is 2. The second-order valence-electron chi connectivity index (χ2n) is 5.96. The number of aryl methyl sites for hydroxylation is 1. The monoisotopic (exact) mass is 348 g/mol. The summed E-state index contributed by atoms with van der Waals surface area (Å²) in [6.45, 7) is 1.95. The highest BCUT2D eigenvalue weighted by molar-refractivity contribution is 6.30. The first-order chi connectivity index (χ1) is 11.7. The molecule has 1 aliphatic heterocycles. The number of piperidine rings is 1. The van der Waals surface area contributed by atoms with Gasteiger partial charge in [0.1, 0.15) is 0 Å². The Morgan fingerprint density at radius 3 is 2.79 bits per heavy atom. The van der Waals surface area contributed by atoms with E-state index in [1.165, 1.54) is 0 Å². The van der Waals surface area contributed by atoms with Crippen molar-refractivity contribution in [3.05, 3.63) is 35.2 Å². The summed E-state index contributed by atoms with van der Waals surface area (Å²) in [5.41, 5.74) is 0.859. The second-order valence-corrected chi connectivity index (χ2v) is 6.40. The summed E-state index contributed by atoms with van der Waals surface area (Å²) in [6, 6.07) is 7.59. The van der Waals surface area contributed by atoms with Crippen LogP contribution in [-0.4, -0.2) is 35.2 Å². The molecular weight excluding hydrogens is 328 g/mol. The smallest absolute Gasteiger partial charge is 0.226 e. The van der Waals surface area contributed by atoms with E-state index in [1.807, 2.05) is 12.1 Å². The molecule has 1 aliphatic rings. The van der Waals surface area contributed by atoms with Crippen LogP contribution >= 0.6 is 11.6 Å². The lowest BCUT2D eigenvalue weighted by molar-refractivity contribution is -0.122. The molecule has 24 heavy (non-hydrogen) atoms. The molecule has 128 valence electrons. The minimum absolute atomic E-state index is 0.0966. The maximum absolute atomic E-state index is 11.9. The van der Waals surface area contributed by atoms with E-state index in [1.54, 1.807) is 12.1 Å². The summed E-state index contributed by atoms with van der Waals surface area (Å²) in [5.74, 6) is 1.19. The highest BCUT2D eigenvalue weighted by Crippen LogP contribution is 2.19. The molecule has 0 spiro atoms. The van der Waals surface area contributed by atoms with E-state index < -0.39 is 0 Å². The number of carbonyl (C=O) groups excluding carboxylic acids is 1. The molecule has 1 aromatic heterocycles. The predicted molar refractivity (Wildman–Crippen MR) is 91.7 cm³/mol. The van der Waals surface area contributed by atoms with Crippen LogP contribution in [0.15, 0.2) is 28.8 Å². The van der Waals surface area contributed by atoms with Gasteiger partial charge < -0.3 is 15.2 Å². The summed E-state index contributed by atoms with van der Waals surface area (Å²) in [5, 5.41) is 11.0. The van der Waals surface area contributed by atoms with Crippen LogP contribution in [-0.2, 0) is 11.2 Å². The number of amides is 1. The summed E-state index contributed by atoms with van der Waals surface area (Å²) in [4.78, 5) is 16.3. The first kappa shape index (κ1) is 16.9. The SMILES string of the molecule is O=C(CCCc1nc(-c2ccc(Cl)cc2)no1)NC1CCNCC1. The molecule has 7 heteroatoms. The minimum Gasteiger partial charge on any atom is -0.353 e. The molecule has 3 rings (SSSR count). The van der Waals surface area contributed by atoms with E-state index in [-0.39, 0.29) is 5.91 Å². The third kappa shape index (κ3) is 4.79. The van der Waals surface area contributed by atoms with Crippen molar-refractivity contribution in [3.63, 3.8) is 0 Å².